The number of nitrogens with one attached hydrogen (secondary N) is 3. The Hall–Kier alpha value is -2.09. The van der Waals surface area contributed by atoms with Gasteiger partial charge in [0, 0.05) is 24.8 Å². The number of aromatic amines is 1. The summed E-state index contributed by atoms with van der Waals surface area (Å²) in [6.45, 7) is 1.27. The largest absolute Gasteiger partial charge is 0.357 e. The monoisotopic (exact) mass is 452 g/mol. The lowest BCUT2D eigenvalue weighted by molar-refractivity contribution is 0.606. The zero-order valence-corrected chi connectivity index (χ0v) is 16.4. The Balaban J connectivity index is 0.00000225. The van der Waals surface area contributed by atoms with Gasteiger partial charge < -0.3 is 15.6 Å². The van der Waals surface area contributed by atoms with Crippen LogP contribution in [0.25, 0.3) is 10.9 Å². The predicted octanol–water partition coefficient (Wildman–Crippen LogP) is 3.83. The van der Waals surface area contributed by atoms with Crippen molar-refractivity contribution < 1.29 is 4.39 Å². The van der Waals surface area contributed by atoms with E-state index < -0.39 is 0 Å². The lowest BCUT2D eigenvalue weighted by Crippen LogP contribution is -2.38. The molecular formula is C19H22FIN4. The summed E-state index contributed by atoms with van der Waals surface area (Å²) in [5, 5.41) is 7.66. The first-order valence-corrected chi connectivity index (χ1v) is 8.01. The summed E-state index contributed by atoms with van der Waals surface area (Å²) in [4.78, 5) is 7.57. The Morgan fingerprint density at radius 2 is 1.84 bits per heavy atom. The molecule has 0 saturated carbocycles. The summed E-state index contributed by atoms with van der Waals surface area (Å²) < 4.78 is 13.6. The van der Waals surface area contributed by atoms with Gasteiger partial charge in [-0.2, -0.15) is 0 Å². The second-order valence-corrected chi connectivity index (χ2v) is 5.58. The maximum Gasteiger partial charge on any atom is 0.191 e. The molecule has 0 aliphatic rings. The van der Waals surface area contributed by atoms with Crippen LogP contribution in [-0.2, 0) is 13.0 Å². The molecule has 1 aromatic heterocycles. The number of H-pyrrole nitrogens is 1. The quantitative estimate of drug-likeness (QED) is 0.313. The van der Waals surface area contributed by atoms with Crippen LogP contribution in [0, 0.1) is 5.82 Å². The Labute approximate surface area is 164 Å². The minimum Gasteiger partial charge on any atom is -0.357 e. The van der Waals surface area contributed by atoms with Gasteiger partial charge in [-0.1, -0.05) is 36.4 Å². The average molecular weight is 452 g/mol. The molecule has 132 valence electrons. The van der Waals surface area contributed by atoms with E-state index in [1.54, 1.807) is 19.2 Å². The van der Waals surface area contributed by atoms with Crippen LogP contribution >= 0.6 is 24.0 Å². The van der Waals surface area contributed by atoms with E-state index >= 15 is 0 Å². The number of hydrogen-bond acceptors (Lipinski definition) is 1. The number of aromatic nitrogens is 1. The lowest BCUT2D eigenvalue weighted by Gasteiger charge is -2.11. The fraction of sp³-hybridized carbons (Fsp3) is 0.211. The summed E-state index contributed by atoms with van der Waals surface area (Å²) in [6.07, 6.45) is 0.611. The Morgan fingerprint density at radius 1 is 1.08 bits per heavy atom. The van der Waals surface area contributed by atoms with Crippen LogP contribution in [0.2, 0.25) is 0 Å². The Morgan fingerprint density at radius 3 is 2.60 bits per heavy atom. The second kappa shape index (κ2) is 9.41. The van der Waals surface area contributed by atoms with Crippen LogP contribution in [0.5, 0.6) is 0 Å². The predicted molar refractivity (Wildman–Crippen MR) is 112 cm³/mol. The van der Waals surface area contributed by atoms with Gasteiger partial charge in [0.15, 0.2) is 5.96 Å². The van der Waals surface area contributed by atoms with Gasteiger partial charge in [-0.3, -0.25) is 4.99 Å². The molecular weight excluding hydrogens is 430 g/mol. The molecule has 0 unspecified atom stereocenters. The highest BCUT2D eigenvalue weighted by atomic mass is 127. The van der Waals surface area contributed by atoms with E-state index in [9.17, 15) is 4.39 Å². The zero-order valence-electron chi connectivity index (χ0n) is 14.1. The van der Waals surface area contributed by atoms with Gasteiger partial charge in [0.1, 0.15) is 5.82 Å². The standard InChI is InChI=1S/C19H21FN4.HI/c1-21-19(22-11-10-14-6-2-4-8-17(14)20)23-13-16-12-15-7-3-5-9-18(15)24-16;/h2-9,12,24H,10-11,13H2,1H3,(H2,21,22,23);1H. The van der Waals surface area contributed by atoms with Crippen molar-refractivity contribution in [2.24, 2.45) is 4.99 Å². The average Bonchev–Trinajstić information content (AvgIpc) is 3.02. The van der Waals surface area contributed by atoms with E-state index in [2.05, 4.69) is 38.8 Å². The molecule has 3 N–H and O–H groups in total. The number of guanidine groups is 1. The highest BCUT2D eigenvalue weighted by molar-refractivity contribution is 14.0. The second-order valence-electron chi connectivity index (χ2n) is 5.58. The molecule has 25 heavy (non-hydrogen) atoms. The normalized spacial score (nSPS) is 11.2. The van der Waals surface area contributed by atoms with Gasteiger partial charge in [0.25, 0.3) is 0 Å². The van der Waals surface area contributed by atoms with Gasteiger partial charge in [0.05, 0.1) is 6.54 Å². The molecule has 0 aliphatic heterocycles. The van der Waals surface area contributed by atoms with Crippen molar-refractivity contribution in [1.29, 1.82) is 0 Å². The number of para-hydroxylation sites is 1. The van der Waals surface area contributed by atoms with Crippen molar-refractivity contribution in [3.05, 3.63) is 71.7 Å². The first-order chi connectivity index (χ1) is 11.8. The highest BCUT2D eigenvalue weighted by Crippen LogP contribution is 2.14. The van der Waals surface area contributed by atoms with Crippen LogP contribution in [0.4, 0.5) is 4.39 Å². The Bertz CT molecular complexity index is 811. The molecule has 0 bridgehead atoms. The van der Waals surface area contributed by atoms with Crippen molar-refractivity contribution in [3.8, 4) is 0 Å². The number of halogens is 2. The summed E-state index contributed by atoms with van der Waals surface area (Å²) >= 11 is 0. The van der Waals surface area contributed by atoms with Crippen molar-refractivity contribution in [3.63, 3.8) is 0 Å². The number of benzene rings is 2. The van der Waals surface area contributed by atoms with Crippen LogP contribution in [0.15, 0.2) is 59.6 Å². The fourth-order valence-corrected chi connectivity index (χ4v) is 2.64. The highest BCUT2D eigenvalue weighted by Gasteiger charge is 2.03. The molecule has 0 saturated heterocycles. The Kier molecular flexibility index (Phi) is 7.24. The first kappa shape index (κ1) is 19.2. The molecule has 0 atom stereocenters. The smallest absolute Gasteiger partial charge is 0.191 e. The minimum absolute atomic E-state index is 0. The van der Waals surface area contributed by atoms with Crippen LogP contribution in [0.1, 0.15) is 11.3 Å². The van der Waals surface area contributed by atoms with Gasteiger partial charge in [-0.25, -0.2) is 4.39 Å². The maximum absolute atomic E-state index is 13.6. The molecule has 4 nitrogen and oxygen atoms in total. The third-order valence-corrected chi connectivity index (χ3v) is 3.90. The molecule has 0 fully saturated rings. The molecule has 0 spiro atoms. The SMILES string of the molecule is CN=C(NCCc1ccccc1F)NCc1cc2ccccc2[nH]1.I. The van der Waals surface area contributed by atoms with Crippen molar-refractivity contribution in [2.45, 2.75) is 13.0 Å². The fourth-order valence-electron chi connectivity index (χ4n) is 2.64. The number of hydrogen-bond donors (Lipinski definition) is 3. The molecule has 0 radical (unpaired) electrons. The zero-order chi connectivity index (χ0) is 16.8. The van der Waals surface area contributed by atoms with E-state index in [1.807, 2.05) is 18.2 Å². The topological polar surface area (TPSA) is 52.2 Å². The molecule has 2 aromatic carbocycles. The van der Waals surface area contributed by atoms with E-state index in [-0.39, 0.29) is 29.8 Å². The molecule has 0 aliphatic carbocycles. The number of fused-ring (bicyclic) bond motifs is 1. The van der Waals surface area contributed by atoms with Gasteiger partial charge in [0.2, 0.25) is 0 Å². The third kappa shape index (κ3) is 5.19. The lowest BCUT2D eigenvalue weighted by atomic mass is 10.1. The van der Waals surface area contributed by atoms with E-state index in [1.165, 1.54) is 11.5 Å². The van der Waals surface area contributed by atoms with Gasteiger partial charge >= 0.3 is 0 Å². The summed E-state index contributed by atoms with van der Waals surface area (Å²) in [6, 6.07) is 17.1. The van der Waals surface area contributed by atoms with Crippen LogP contribution in [-0.4, -0.2) is 24.5 Å². The van der Waals surface area contributed by atoms with E-state index in [4.69, 9.17) is 0 Å². The van der Waals surface area contributed by atoms with Crippen molar-refractivity contribution in [1.82, 2.24) is 15.6 Å². The van der Waals surface area contributed by atoms with E-state index in [0.717, 1.165) is 11.2 Å². The van der Waals surface area contributed by atoms with Crippen molar-refractivity contribution in [2.75, 3.05) is 13.6 Å². The van der Waals surface area contributed by atoms with E-state index in [0.29, 0.717) is 31.0 Å². The third-order valence-electron chi connectivity index (χ3n) is 3.90. The molecule has 6 heteroatoms. The number of aliphatic imine (C=N–C) groups is 1. The summed E-state index contributed by atoms with van der Waals surface area (Å²) in [5.74, 6) is 0.533. The molecule has 0 amide bonds. The van der Waals surface area contributed by atoms with Gasteiger partial charge in [-0.15, -0.1) is 24.0 Å². The first-order valence-electron chi connectivity index (χ1n) is 8.01. The maximum atomic E-state index is 13.6. The van der Waals surface area contributed by atoms with Crippen LogP contribution in [0.3, 0.4) is 0 Å². The number of nitrogens with zero attached hydrogens (tertiary/aromatic N) is 1. The minimum atomic E-state index is -0.166. The number of rotatable bonds is 5. The van der Waals surface area contributed by atoms with Crippen molar-refractivity contribution >= 4 is 40.8 Å². The summed E-state index contributed by atoms with van der Waals surface area (Å²) in [5.41, 5.74) is 2.92. The summed E-state index contributed by atoms with van der Waals surface area (Å²) in [7, 11) is 1.73. The van der Waals surface area contributed by atoms with Gasteiger partial charge in [-0.05, 0) is 35.6 Å². The molecule has 1 heterocycles. The van der Waals surface area contributed by atoms with Crippen LogP contribution < -0.4 is 10.6 Å². The molecule has 3 rings (SSSR count). The molecule has 3 aromatic rings.